The van der Waals surface area contributed by atoms with E-state index in [-0.39, 0.29) is 0 Å². The van der Waals surface area contributed by atoms with Crippen LogP contribution in [0, 0.1) is 17.8 Å². The average Bonchev–Trinajstić information content (AvgIpc) is 2.74. The van der Waals surface area contributed by atoms with Gasteiger partial charge >= 0.3 is 0 Å². The molecule has 0 N–H and O–H groups in total. The third-order valence-corrected chi connectivity index (χ3v) is 3.92. The summed E-state index contributed by atoms with van der Waals surface area (Å²) in [6.45, 7) is 4.57. The average molecular weight is 189 g/mol. The fourth-order valence-corrected chi connectivity index (χ4v) is 3.30. The minimum absolute atomic E-state index is 0.342. The van der Waals surface area contributed by atoms with E-state index in [4.69, 9.17) is 0 Å². The lowest BCUT2D eigenvalue weighted by molar-refractivity contribution is -0.156. The maximum absolute atomic E-state index is 11.8. The van der Waals surface area contributed by atoms with Crippen LogP contribution in [-0.4, -0.2) is 23.4 Å². The molecule has 1 heterocycles. The molecule has 0 aromatic heterocycles. The quantitative estimate of drug-likeness (QED) is 0.488. The molecule has 3 rings (SSSR count). The largest absolute Gasteiger partial charge is 0.338 e. The SMILES string of the molecule is C=CCCN1C(=O)[C@H]2[C@@H]1[C@@H]1C=C[C@H]2C1. The van der Waals surface area contributed by atoms with Gasteiger partial charge in [0.05, 0.1) is 12.0 Å². The van der Waals surface area contributed by atoms with Gasteiger partial charge in [0.15, 0.2) is 0 Å². The number of amides is 1. The molecule has 0 unspecified atom stereocenters. The molecule has 3 aliphatic rings. The van der Waals surface area contributed by atoms with Crippen molar-refractivity contribution in [3.63, 3.8) is 0 Å². The second-order valence-electron chi connectivity index (χ2n) is 4.57. The number of allylic oxidation sites excluding steroid dienone is 1. The summed E-state index contributed by atoms with van der Waals surface area (Å²) in [5.74, 6) is 1.95. The molecule has 2 aliphatic carbocycles. The fraction of sp³-hybridized carbons (Fsp3) is 0.583. The van der Waals surface area contributed by atoms with Gasteiger partial charge in [0.1, 0.15) is 0 Å². The van der Waals surface area contributed by atoms with Crippen LogP contribution in [0.15, 0.2) is 24.8 Å². The van der Waals surface area contributed by atoms with Gasteiger partial charge < -0.3 is 4.90 Å². The van der Waals surface area contributed by atoms with E-state index in [1.807, 2.05) is 6.08 Å². The third-order valence-electron chi connectivity index (χ3n) is 3.92. The molecule has 4 atom stereocenters. The molecule has 74 valence electrons. The molecule has 14 heavy (non-hydrogen) atoms. The van der Waals surface area contributed by atoms with Crippen molar-refractivity contribution in [3.8, 4) is 0 Å². The number of nitrogens with zero attached hydrogens (tertiary/aromatic N) is 1. The van der Waals surface area contributed by atoms with Gasteiger partial charge in [-0.2, -0.15) is 0 Å². The topological polar surface area (TPSA) is 20.3 Å². The van der Waals surface area contributed by atoms with Gasteiger partial charge in [0.25, 0.3) is 0 Å². The van der Waals surface area contributed by atoms with Crippen LogP contribution in [-0.2, 0) is 4.79 Å². The monoisotopic (exact) mass is 189 g/mol. The van der Waals surface area contributed by atoms with E-state index >= 15 is 0 Å². The van der Waals surface area contributed by atoms with Gasteiger partial charge in [-0.3, -0.25) is 4.79 Å². The van der Waals surface area contributed by atoms with Crippen molar-refractivity contribution in [1.82, 2.24) is 4.90 Å². The Balaban J connectivity index is 1.76. The maximum atomic E-state index is 11.8. The van der Waals surface area contributed by atoms with Gasteiger partial charge in [-0.15, -0.1) is 6.58 Å². The summed E-state index contributed by atoms with van der Waals surface area (Å²) in [6.07, 6.45) is 8.58. The summed E-state index contributed by atoms with van der Waals surface area (Å²) < 4.78 is 0. The lowest BCUT2D eigenvalue weighted by atomic mass is 9.79. The first kappa shape index (κ1) is 8.27. The molecule has 2 fully saturated rings. The van der Waals surface area contributed by atoms with Crippen molar-refractivity contribution in [1.29, 1.82) is 0 Å². The highest BCUT2D eigenvalue weighted by Gasteiger charge is 2.59. The number of hydrogen-bond donors (Lipinski definition) is 0. The number of rotatable bonds is 3. The predicted octanol–water partition coefficient (Wildman–Crippen LogP) is 1.60. The first-order valence-corrected chi connectivity index (χ1v) is 5.42. The highest BCUT2D eigenvalue weighted by molar-refractivity contribution is 5.88. The number of fused-ring (bicyclic) bond motifs is 5. The Labute approximate surface area is 84.3 Å². The number of likely N-dealkylation sites (tertiary alicyclic amines) is 1. The maximum Gasteiger partial charge on any atom is 0.228 e. The predicted molar refractivity (Wildman–Crippen MR) is 54.5 cm³/mol. The first-order chi connectivity index (χ1) is 6.83. The molecule has 0 aromatic carbocycles. The molecule has 2 heteroatoms. The zero-order chi connectivity index (χ0) is 9.71. The summed E-state index contributed by atoms with van der Waals surface area (Å²) in [7, 11) is 0. The zero-order valence-corrected chi connectivity index (χ0v) is 8.23. The smallest absolute Gasteiger partial charge is 0.228 e. The van der Waals surface area contributed by atoms with Crippen LogP contribution in [0.4, 0.5) is 0 Å². The standard InChI is InChI=1S/C12H15NO/c1-2-3-6-13-11-9-5-4-8(7-9)10(11)12(13)14/h2,4-5,8-11H,1,3,6-7H2/t8-,9+,10+,11-/m0/s1. The number of β-lactam (4-membered cyclic amide) rings is 1. The van der Waals surface area contributed by atoms with Gasteiger partial charge in [-0.1, -0.05) is 18.2 Å². The van der Waals surface area contributed by atoms with E-state index in [0.717, 1.165) is 13.0 Å². The lowest BCUT2D eigenvalue weighted by Gasteiger charge is -2.48. The van der Waals surface area contributed by atoms with Crippen LogP contribution in [0.5, 0.6) is 0 Å². The molecule has 1 aliphatic heterocycles. The van der Waals surface area contributed by atoms with Crippen molar-refractivity contribution in [3.05, 3.63) is 24.8 Å². The molecule has 1 amide bonds. The van der Waals surface area contributed by atoms with Crippen molar-refractivity contribution in [2.75, 3.05) is 6.54 Å². The molecule has 1 saturated carbocycles. The van der Waals surface area contributed by atoms with E-state index in [2.05, 4.69) is 23.6 Å². The summed E-state index contributed by atoms with van der Waals surface area (Å²) in [5, 5.41) is 0. The minimum Gasteiger partial charge on any atom is -0.338 e. The van der Waals surface area contributed by atoms with E-state index in [0.29, 0.717) is 29.7 Å². The van der Waals surface area contributed by atoms with Crippen LogP contribution < -0.4 is 0 Å². The van der Waals surface area contributed by atoms with Crippen LogP contribution in [0.25, 0.3) is 0 Å². The van der Waals surface area contributed by atoms with Gasteiger partial charge in [-0.05, 0) is 24.7 Å². The molecular weight excluding hydrogens is 174 g/mol. The third kappa shape index (κ3) is 0.839. The van der Waals surface area contributed by atoms with Crippen LogP contribution in [0.2, 0.25) is 0 Å². The summed E-state index contributed by atoms with van der Waals surface area (Å²) in [6, 6.07) is 0.539. The summed E-state index contributed by atoms with van der Waals surface area (Å²) in [5.41, 5.74) is 0. The second-order valence-corrected chi connectivity index (χ2v) is 4.57. The van der Waals surface area contributed by atoms with Crippen molar-refractivity contribution < 1.29 is 4.79 Å². The fourth-order valence-electron chi connectivity index (χ4n) is 3.30. The highest BCUT2D eigenvalue weighted by atomic mass is 16.2. The molecule has 1 saturated heterocycles. The molecule has 2 bridgehead atoms. The summed E-state index contributed by atoms with van der Waals surface area (Å²) in [4.78, 5) is 13.9. The Morgan fingerprint density at radius 1 is 1.50 bits per heavy atom. The molecular formula is C12H15NO. The second kappa shape index (κ2) is 2.72. The molecule has 0 aromatic rings. The van der Waals surface area contributed by atoms with E-state index in [1.54, 1.807) is 0 Å². The molecule has 2 nitrogen and oxygen atoms in total. The molecule has 0 spiro atoms. The highest BCUT2D eigenvalue weighted by Crippen LogP contribution is 2.52. The van der Waals surface area contributed by atoms with Gasteiger partial charge in [0.2, 0.25) is 5.91 Å². The van der Waals surface area contributed by atoms with Crippen LogP contribution >= 0.6 is 0 Å². The van der Waals surface area contributed by atoms with E-state index < -0.39 is 0 Å². The van der Waals surface area contributed by atoms with E-state index in [1.165, 1.54) is 6.42 Å². The van der Waals surface area contributed by atoms with Crippen molar-refractivity contribution in [2.24, 2.45) is 17.8 Å². The Morgan fingerprint density at radius 2 is 2.29 bits per heavy atom. The van der Waals surface area contributed by atoms with E-state index in [9.17, 15) is 4.79 Å². The minimum atomic E-state index is 0.342. The zero-order valence-electron chi connectivity index (χ0n) is 8.23. The van der Waals surface area contributed by atoms with Crippen LogP contribution in [0.1, 0.15) is 12.8 Å². The Bertz CT molecular complexity index is 320. The van der Waals surface area contributed by atoms with Gasteiger partial charge in [-0.25, -0.2) is 0 Å². The number of hydrogen-bond acceptors (Lipinski definition) is 1. The normalized spacial score (nSPS) is 42.6. The number of carbonyl (C=O) groups excluding carboxylic acids is 1. The molecule has 0 radical (unpaired) electrons. The first-order valence-electron chi connectivity index (χ1n) is 5.42. The summed E-state index contributed by atoms with van der Waals surface area (Å²) >= 11 is 0. The van der Waals surface area contributed by atoms with Gasteiger partial charge in [0, 0.05) is 6.54 Å². The lowest BCUT2D eigenvalue weighted by Crippen LogP contribution is -2.62. The Morgan fingerprint density at radius 3 is 3.07 bits per heavy atom. The Hall–Kier alpha value is -1.05. The van der Waals surface area contributed by atoms with Crippen molar-refractivity contribution in [2.45, 2.75) is 18.9 Å². The number of carbonyl (C=O) groups is 1. The Kier molecular flexibility index (Phi) is 1.61. The van der Waals surface area contributed by atoms with Crippen molar-refractivity contribution >= 4 is 5.91 Å². The van der Waals surface area contributed by atoms with Crippen LogP contribution in [0.3, 0.4) is 0 Å².